The highest BCUT2D eigenvalue weighted by Gasteiger charge is 2.40. The summed E-state index contributed by atoms with van der Waals surface area (Å²) in [5.41, 5.74) is 0.643. The first-order valence-electron chi connectivity index (χ1n) is 8.12. The predicted molar refractivity (Wildman–Crippen MR) is 87.2 cm³/mol. The molecule has 3 nitrogen and oxygen atoms in total. The van der Waals surface area contributed by atoms with Crippen molar-refractivity contribution in [3.63, 3.8) is 0 Å². The lowest BCUT2D eigenvalue weighted by molar-refractivity contribution is 0.0920. The van der Waals surface area contributed by atoms with E-state index in [4.69, 9.17) is 4.74 Å². The molecule has 2 aliphatic rings. The zero-order valence-corrected chi connectivity index (χ0v) is 12.8. The highest BCUT2D eigenvalue weighted by Crippen LogP contribution is 2.44. The third-order valence-electron chi connectivity index (χ3n) is 5.37. The van der Waals surface area contributed by atoms with Crippen LogP contribution < -0.4 is 10.1 Å². The van der Waals surface area contributed by atoms with Gasteiger partial charge in [-0.25, -0.2) is 0 Å². The van der Waals surface area contributed by atoms with E-state index >= 15 is 0 Å². The molecule has 0 spiro atoms. The van der Waals surface area contributed by atoms with Crippen LogP contribution in [-0.2, 0) is 0 Å². The lowest BCUT2D eigenvalue weighted by atomic mass is 9.95. The van der Waals surface area contributed by atoms with Gasteiger partial charge in [0, 0.05) is 6.04 Å². The summed E-state index contributed by atoms with van der Waals surface area (Å²) in [6.07, 6.45) is 5.05. The summed E-state index contributed by atoms with van der Waals surface area (Å²) in [6, 6.07) is 12.3. The van der Waals surface area contributed by atoms with Crippen molar-refractivity contribution in [2.24, 2.45) is 11.8 Å². The van der Waals surface area contributed by atoms with Crippen molar-refractivity contribution in [3.05, 3.63) is 42.0 Å². The average Bonchev–Trinajstić information content (AvgIpc) is 3.16. The van der Waals surface area contributed by atoms with Crippen LogP contribution in [0.15, 0.2) is 36.4 Å². The number of fused-ring (bicyclic) bond motifs is 3. The molecule has 3 atom stereocenters. The molecular weight excluding hydrogens is 274 g/mol. The minimum absolute atomic E-state index is 0.000142. The third-order valence-corrected chi connectivity index (χ3v) is 5.37. The number of amides is 1. The first-order chi connectivity index (χ1) is 10.7. The number of hydrogen-bond acceptors (Lipinski definition) is 2. The molecule has 0 aliphatic heterocycles. The van der Waals surface area contributed by atoms with Crippen molar-refractivity contribution in [1.82, 2.24) is 5.32 Å². The van der Waals surface area contributed by atoms with Gasteiger partial charge in [0.2, 0.25) is 0 Å². The summed E-state index contributed by atoms with van der Waals surface area (Å²) in [5.74, 6) is 2.16. The summed E-state index contributed by atoms with van der Waals surface area (Å²) >= 11 is 0. The van der Waals surface area contributed by atoms with E-state index in [9.17, 15) is 4.79 Å². The first kappa shape index (κ1) is 13.6. The van der Waals surface area contributed by atoms with Crippen LogP contribution in [0.3, 0.4) is 0 Å². The second-order valence-electron chi connectivity index (χ2n) is 6.65. The Bertz CT molecular complexity index is 724. The first-order valence-corrected chi connectivity index (χ1v) is 8.12. The average molecular weight is 295 g/mol. The molecule has 2 aromatic rings. The van der Waals surface area contributed by atoms with E-state index < -0.39 is 0 Å². The van der Waals surface area contributed by atoms with Crippen LogP contribution in [0.2, 0.25) is 0 Å². The molecule has 4 rings (SSSR count). The zero-order chi connectivity index (χ0) is 15.1. The van der Waals surface area contributed by atoms with Crippen LogP contribution in [0.5, 0.6) is 5.75 Å². The minimum Gasteiger partial charge on any atom is -0.496 e. The van der Waals surface area contributed by atoms with E-state index in [1.165, 1.54) is 19.3 Å². The smallest absolute Gasteiger partial charge is 0.255 e. The van der Waals surface area contributed by atoms with Crippen LogP contribution in [0.25, 0.3) is 10.8 Å². The van der Waals surface area contributed by atoms with Crippen molar-refractivity contribution in [2.75, 3.05) is 7.11 Å². The number of hydrogen-bond donors (Lipinski definition) is 1. The number of ether oxygens (including phenoxy) is 1. The minimum atomic E-state index is 0.000142. The number of carbonyl (C=O) groups is 1. The maximum absolute atomic E-state index is 12.7. The maximum Gasteiger partial charge on any atom is 0.255 e. The van der Waals surface area contributed by atoms with E-state index in [0.717, 1.165) is 23.1 Å². The Morgan fingerprint density at radius 2 is 1.91 bits per heavy atom. The van der Waals surface area contributed by atoms with Gasteiger partial charge in [0.1, 0.15) is 5.75 Å². The molecule has 0 heterocycles. The van der Waals surface area contributed by atoms with E-state index in [0.29, 0.717) is 23.3 Å². The SMILES string of the molecule is COc1cc2ccccc2cc1C(=O)N[C@@H]1C[C@H]2CC[C@@H]1C2. The second-order valence-corrected chi connectivity index (χ2v) is 6.65. The normalized spacial score (nSPS) is 26.3. The van der Waals surface area contributed by atoms with Gasteiger partial charge in [-0.1, -0.05) is 30.7 Å². The van der Waals surface area contributed by atoms with Gasteiger partial charge in [-0.05, 0) is 54.0 Å². The summed E-state index contributed by atoms with van der Waals surface area (Å²) in [5, 5.41) is 5.41. The predicted octanol–water partition coefficient (Wildman–Crippen LogP) is 3.77. The Morgan fingerprint density at radius 3 is 2.55 bits per heavy atom. The van der Waals surface area contributed by atoms with Crippen LogP contribution in [0, 0.1) is 11.8 Å². The Morgan fingerprint density at radius 1 is 1.14 bits per heavy atom. The van der Waals surface area contributed by atoms with E-state index in [-0.39, 0.29) is 5.91 Å². The van der Waals surface area contributed by atoms with Gasteiger partial charge in [0.25, 0.3) is 5.91 Å². The molecule has 3 heteroatoms. The zero-order valence-electron chi connectivity index (χ0n) is 12.8. The van der Waals surface area contributed by atoms with Crippen molar-refractivity contribution >= 4 is 16.7 Å². The van der Waals surface area contributed by atoms with Crippen LogP contribution in [-0.4, -0.2) is 19.1 Å². The Labute approximate surface area is 130 Å². The number of nitrogens with one attached hydrogen (secondary N) is 1. The van der Waals surface area contributed by atoms with Gasteiger partial charge < -0.3 is 10.1 Å². The fourth-order valence-electron chi connectivity index (χ4n) is 4.23. The van der Waals surface area contributed by atoms with E-state index in [1.54, 1.807) is 7.11 Å². The molecule has 0 unspecified atom stereocenters. The van der Waals surface area contributed by atoms with Crippen LogP contribution >= 0.6 is 0 Å². The van der Waals surface area contributed by atoms with Crippen LogP contribution in [0.1, 0.15) is 36.0 Å². The molecule has 2 bridgehead atoms. The molecule has 1 amide bonds. The molecule has 22 heavy (non-hydrogen) atoms. The summed E-state index contributed by atoms with van der Waals surface area (Å²) in [4.78, 5) is 12.7. The number of carbonyl (C=O) groups excluding carboxylic acids is 1. The molecular formula is C19H21NO2. The van der Waals surface area contributed by atoms with Crippen molar-refractivity contribution in [3.8, 4) is 5.75 Å². The number of methoxy groups -OCH3 is 1. The van der Waals surface area contributed by atoms with Crippen molar-refractivity contribution < 1.29 is 9.53 Å². The highest BCUT2D eigenvalue weighted by atomic mass is 16.5. The summed E-state index contributed by atoms with van der Waals surface area (Å²) in [7, 11) is 1.62. The maximum atomic E-state index is 12.7. The summed E-state index contributed by atoms with van der Waals surface area (Å²) in [6.45, 7) is 0. The Hall–Kier alpha value is -2.03. The second kappa shape index (κ2) is 5.31. The van der Waals surface area contributed by atoms with Gasteiger partial charge in [-0.15, -0.1) is 0 Å². The molecule has 0 saturated heterocycles. The number of benzene rings is 2. The Balaban J connectivity index is 1.63. The van der Waals surface area contributed by atoms with Crippen molar-refractivity contribution in [1.29, 1.82) is 0 Å². The third kappa shape index (κ3) is 2.25. The molecule has 2 aromatic carbocycles. The molecule has 0 radical (unpaired) electrons. The van der Waals surface area contributed by atoms with E-state index in [2.05, 4.69) is 5.32 Å². The lowest BCUT2D eigenvalue weighted by Crippen LogP contribution is -2.38. The quantitative estimate of drug-likeness (QED) is 0.936. The van der Waals surface area contributed by atoms with Gasteiger partial charge in [0.15, 0.2) is 0 Å². The molecule has 0 aromatic heterocycles. The fourth-order valence-corrected chi connectivity index (χ4v) is 4.23. The van der Waals surface area contributed by atoms with Gasteiger partial charge >= 0.3 is 0 Å². The van der Waals surface area contributed by atoms with Crippen LogP contribution in [0.4, 0.5) is 0 Å². The molecule has 114 valence electrons. The van der Waals surface area contributed by atoms with Gasteiger partial charge in [0.05, 0.1) is 12.7 Å². The lowest BCUT2D eigenvalue weighted by Gasteiger charge is -2.23. The monoisotopic (exact) mass is 295 g/mol. The Kier molecular flexibility index (Phi) is 3.29. The van der Waals surface area contributed by atoms with Crippen molar-refractivity contribution in [2.45, 2.75) is 31.7 Å². The summed E-state index contributed by atoms with van der Waals surface area (Å²) < 4.78 is 5.44. The van der Waals surface area contributed by atoms with E-state index in [1.807, 2.05) is 36.4 Å². The molecule has 2 saturated carbocycles. The largest absolute Gasteiger partial charge is 0.496 e. The fraction of sp³-hybridized carbons (Fsp3) is 0.421. The van der Waals surface area contributed by atoms with Gasteiger partial charge in [-0.3, -0.25) is 4.79 Å². The van der Waals surface area contributed by atoms with Gasteiger partial charge in [-0.2, -0.15) is 0 Å². The number of rotatable bonds is 3. The standard InChI is InChI=1S/C19H21NO2/c1-22-18-11-14-5-3-2-4-13(14)10-16(18)19(21)20-17-9-12-6-7-15(17)8-12/h2-5,10-12,15,17H,6-9H2,1H3,(H,20,21)/t12-,15+,17+/m0/s1. The molecule has 2 fully saturated rings. The molecule has 2 aliphatic carbocycles. The highest BCUT2D eigenvalue weighted by molar-refractivity contribution is 6.01. The topological polar surface area (TPSA) is 38.3 Å². The molecule has 1 N–H and O–H groups in total.